The van der Waals surface area contributed by atoms with Gasteiger partial charge in [-0.2, -0.15) is 0 Å². The number of rotatable bonds is 6. The lowest BCUT2D eigenvalue weighted by Crippen LogP contribution is -2.54. The van der Waals surface area contributed by atoms with Crippen molar-refractivity contribution in [1.82, 2.24) is 14.9 Å². The Labute approximate surface area is 223 Å². The zero-order chi connectivity index (χ0) is 26.9. The minimum Gasteiger partial charge on any atom is -0.341 e. The lowest BCUT2D eigenvalue weighted by molar-refractivity contribution is -0.135. The summed E-state index contributed by atoms with van der Waals surface area (Å²) < 4.78 is 30.1. The maximum Gasteiger partial charge on any atom is 0.255 e. The maximum atomic E-state index is 13.6. The van der Waals surface area contributed by atoms with E-state index >= 15 is 0 Å². The number of fused-ring (bicyclic) bond motifs is 1. The molecule has 3 aromatic carbocycles. The summed E-state index contributed by atoms with van der Waals surface area (Å²) in [6.07, 6.45) is 2.42. The summed E-state index contributed by atoms with van der Waals surface area (Å²) in [7, 11) is -3.86. The average Bonchev–Trinajstić information content (AvgIpc) is 3.44. The summed E-state index contributed by atoms with van der Waals surface area (Å²) in [5.41, 5.74) is 1.98. The topological polar surface area (TPSA) is 108 Å². The predicted octanol–water partition coefficient (Wildman–Crippen LogP) is 3.67. The zero-order valence-corrected chi connectivity index (χ0v) is 22.6. The largest absolute Gasteiger partial charge is 0.341 e. The van der Waals surface area contributed by atoms with Crippen LogP contribution < -0.4 is 15.4 Å². The standard InChI is InChI=1S/C29H34N4O4S/c1-19-8-3-4-9-21(19)28(34)31-25-12-5-11-23-22(25)10-6-14-27(23)38(36,37)32-24-15-17-33(18-20(24)2)29(35)26-13-7-16-30-26/h3-6,8-12,14,20,24,26,30,32H,7,13,15-18H2,1-2H3,(H,31,34)/t20-,24+,26-/m0/s1. The van der Waals surface area contributed by atoms with E-state index in [-0.39, 0.29) is 34.7 Å². The quantitative estimate of drug-likeness (QED) is 0.447. The molecular weight excluding hydrogens is 500 g/mol. The van der Waals surface area contributed by atoms with Crippen molar-refractivity contribution in [2.75, 3.05) is 25.0 Å². The molecule has 0 aliphatic carbocycles. The smallest absolute Gasteiger partial charge is 0.255 e. The first-order valence-corrected chi connectivity index (χ1v) is 14.7. The van der Waals surface area contributed by atoms with Crippen LogP contribution in [0.5, 0.6) is 0 Å². The first-order valence-electron chi connectivity index (χ1n) is 13.2. The van der Waals surface area contributed by atoms with Gasteiger partial charge in [0.25, 0.3) is 5.91 Å². The summed E-state index contributed by atoms with van der Waals surface area (Å²) in [5, 5.41) is 7.39. The molecule has 5 rings (SSSR count). The van der Waals surface area contributed by atoms with E-state index in [9.17, 15) is 18.0 Å². The van der Waals surface area contributed by atoms with Crippen molar-refractivity contribution in [3.05, 3.63) is 71.8 Å². The molecule has 0 bridgehead atoms. The summed E-state index contributed by atoms with van der Waals surface area (Å²) in [6.45, 7) is 5.77. The Kier molecular flexibility index (Phi) is 7.52. The number of nitrogens with zero attached hydrogens (tertiary/aromatic N) is 1. The minimum atomic E-state index is -3.86. The van der Waals surface area contributed by atoms with Gasteiger partial charge in [0.2, 0.25) is 15.9 Å². The minimum absolute atomic E-state index is 0.0252. The Bertz CT molecular complexity index is 1470. The van der Waals surface area contributed by atoms with Crippen LogP contribution in [0.1, 0.15) is 42.1 Å². The third-order valence-corrected chi connectivity index (χ3v) is 9.24. The summed E-state index contributed by atoms with van der Waals surface area (Å²) in [4.78, 5) is 27.8. The van der Waals surface area contributed by atoms with Gasteiger partial charge in [0, 0.05) is 41.2 Å². The third-order valence-electron chi connectivity index (χ3n) is 7.69. The molecule has 3 N–H and O–H groups in total. The summed E-state index contributed by atoms with van der Waals surface area (Å²) in [6, 6.07) is 17.3. The van der Waals surface area contributed by atoms with Crippen molar-refractivity contribution < 1.29 is 18.0 Å². The normalized spacial score (nSPS) is 21.9. The highest BCUT2D eigenvalue weighted by Gasteiger charge is 2.35. The molecule has 0 spiro atoms. The first-order chi connectivity index (χ1) is 18.2. The van der Waals surface area contributed by atoms with Gasteiger partial charge >= 0.3 is 0 Å². The van der Waals surface area contributed by atoms with Crippen molar-refractivity contribution >= 4 is 38.3 Å². The molecule has 0 aromatic heterocycles. The molecule has 2 saturated heterocycles. The fourth-order valence-corrected chi connectivity index (χ4v) is 7.14. The van der Waals surface area contributed by atoms with Crippen LogP contribution >= 0.6 is 0 Å². The Morgan fingerprint density at radius 1 is 0.974 bits per heavy atom. The predicted molar refractivity (Wildman–Crippen MR) is 149 cm³/mol. The Morgan fingerprint density at radius 2 is 1.74 bits per heavy atom. The molecule has 0 radical (unpaired) electrons. The highest BCUT2D eigenvalue weighted by atomic mass is 32.2. The molecular formula is C29H34N4O4S. The number of aryl methyl sites for hydroxylation is 1. The molecule has 0 saturated carbocycles. The van der Waals surface area contributed by atoms with Crippen LogP contribution in [-0.2, 0) is 14.8 Å². The van der Waals surface area contributed by atoms with Gasteiger partial charge in [-0.1, -0.05) is 49.4 Å². The lowest BCUT2D eigenvalue weighted by atomic mass is 9.94. The Morgan fingerprint density at radius 3 is 2.47 bits per heavy atom. The van der Waals surface area contributed by atoms with E-state index in [1.54, 1.807) is 36.4 Å². The maximum absolute atomic E-state index is 13.6. The van der Waals surface area contributed by atoms with Gasteiger partial charge in [0.1, 0.15) is 0 Å². The van der Waals surface area contributed by atoms with E-state index in [2.05, 4.69) is 15.4 Å². The molecule has 2 heterocycles. The molecule has 8 nitrogen and oxygen atoms in total. The number of hydrogen-bond acceptors (Lipinski definition) is 5. The number of likely N-dealkylation sites (tertiary alicyclic amines) is 1. The summed E-state index contributed by atoms with van der Waals surface area (Å²) >= 11 is 0. The van der Waals surface area contributed by atoms with Gasteiger partial charge < -0.3 is 15.5 Å². The second-order valence-corrected chi connectivity index (χ2v) is 12.0. The number of carbonyl (C=O) groups excluding carboxylic acids is 2. The van der Waals surface area contributed by atoms with E-state index in [0.29, 0.717) is 41.5 Å². The molecule has 38 heavy (non-hydrogen) atoms. The van der Waals surface area contributed by atoms with Crippen LogP contribution in [-0.4, -0.2) is 56.9 Å². The number of hydrogen-bond donors (Lipinski definition) is 3. The number of sulfonamides is 1. The van der Waals surface area contributed by atoms with Crippen LogP contribution in [0.25, 0.3) is 10.8 Å². The van der Waals surface area contributed by atoms with E-state index < -0.39 is 10.0 Å². The molecule has 200 valence electrons. The molecule has 2 aliphatic rings. The number of piperidine rings is 1. The molecule has 2 fully saturated rings. The van der Waals surface area contributed by atoms with Crippen LogP contribution in [0.4, 0.5) is 5.69 Å². The molecule has 9 heteroatoms. The van der Waals surface area contributed by atoms with Gasteiger partial charge in [0.15, 0.2) is 0 Å². The Balaban J connectivity index is 1.34. The monoisotopic (exact) mass is 534 g/mol. The van der Waals surface area contributed by atoms with Crippen LogP contribution in [0.2, 0.25) is 0 Å². The van der Waals surface area contributed by atoms with Gasteiger partial charge in [-0.05, 0) is 62.4 Å². The highest BCUT2D eigenvalue weighted by molar-refractivity contribution is 7.89. The van der Waals surface area contributed by atoms with Gasteiger partial charge in [0.05, 0.1) is 10.9 Å². The SMILES string of the molecule is Cc1ccccc1C(=O)Nc1cccc2c(S(=O)(=O)N[C@@H]3CCN(C(=O)[C@@H]4CCCN4)C[C@@H]3C)cccc12. The number of anilines is 1. The third kappa shape index (κ3) is 5.32. The molecule has 0 unspecified atom stereocenters. The average molecular weight is 535 g/mol. The zero-order valence-electron chi connectivity index (χ0n) is 21.7. The molecule has 2 aliphatic heterocycles. The van der Waals surface area contributed by atoms with Crippen molar-refractivity contribution in [1.29, 1.82) is 0 Å². The number of amides is 2. The van der Waals surface area contributed by atoms with Gasteiger partial charge in [-0.3, -0.25) is 9.59 Å². The second-order valence-electron chi connectivity index (χ2n) is 10.4. The van der Waals surface area contributed by atoms with Crippen LogP contribution in [0.3, 0.4) is 0 Å². The van der Waals surface area contributed by atoms with E-state index in [1.807, 2.05) is 43.0 Å². The number of benzene rings is 3. The van der Waals surface area contributed by atoms with E-state index in [4.69, 9.17) is 0 Å². The fourth-order valence-electron chi connectivity index (χ4n) is 5.54. The second kappa shape index (κ2) is 10.8. The fraction of sp³-hybridized carbons (Fsp3) is 0.379. The highest BCUT2D eigenvalue weighted by Crippen LogP contribution is 2.30. The molecule has 2 amide bonds. The van der Waals surface area contributed by atoms with Crippen molar-refractivity contribution in [3.63, 3.8) is 0 Å². The summed E-state index contributed by atoms with van der Waals surface area (Å²) in [5.74, 6) is -0.155. The van der Waals surface area contributed by atoms with Crippen LogP contribution in [0, 0.1) is 12.8 Å². The van der Waals surface area contributed by atoms with E-state index in [1.165, 1.54) is 0 Å². The lowest BCUT2D eigenvalue weighted by Gasteiger charge is -2.38. The van der Waals surface area contributed by atoms with Gasteiger partial charge in [-0.15, -0.1) is 0 Å². The number of nitrogens with one attached hydrogen (secondary N) is 3. The van der Waals surface area contributed by atoms with Crippen molar-refractivity contribution in [3.8, 4) is 0 Å². The van der Waals surface area contributed by atoms with E-state index in [0.717, 1.165) is 24.9 Å². The van der Waals surface area contributed by atoms with Gasteiger partial charge in [-0.25, -0.2) is 13.1 Å². The molecule has 3 aromatic rings. The first kappa shape index (κ1) is 26.3. The molecule has 3 atom stereocenters. The Hall–Kier alpha value is -3.27. The number of carbonyl (C=O) groups is 2. The van der Waals surface area contributed by atoms with Crippen molar-refractivity contribution in [2.45, 2.75) is 50.1 Å². The van der Waals surface area contributed by atoms with Crippen molar-refractivity contribution in [2.24, 2.45) is 5.92 Å². The van der Waals surface area contributed by atoms with Crippen LogP contribution in [0.15, 0.2) is 65.6 Å².